The van der Waals surface area contributed by atoms with E-state index in [2.05, 4.69) is 43.0 Å². The second kappa shape index (κ2) is 4.50. The quantitative estimate of drug-likeness (QED) is 0.775. The van der Waals surface area contributed by atoms with Crippen LogP contribution in [-0.2, 0) is 0 Å². The fraction of sp³-hybridized carbons (Fsp3) is 0.364. The highest BCUT2D eigenvalue weighted by Crippen LogP contribution is 2.21. The molecule has 0 aliphatic carbocycles. The van der Waals surface area contributed by atoms with Crippen molar-refractivity contribution in [3.8, 4) is 11.4 Å². The monoisotopic (exact) mass is 230 g/mol. The van der Waals surface area contributed by atoms with Gasteiger partial charge in [0.05, 0.1) is 0 Å². The second-order valence-electron chi connectivity index (χ2n) is 4.02. The molecule has 0 atom stereocenters. The van der Waals surface area contributed by atoms with E-state index >= 15 is 0 Å². The Hall–Kier alpha value is -1.95. The molecule has 88 valence electrons. The molecule has 3 rings (SSSR count). The van der Waals surface area contributed by atoms with Crippen LogP contribution in [0.15, 0.2) is 24.3 Å². The SMILES string of the molecule is c1cc(-c2nn[nH]n2)cc(N2CCNCC2)c1. The highest BCUT2D eigenvalue weighted by molar-refractivity contribution is 5.62. The first-order valence-corrected chi connectivity index (χ1v) is 5.73. The molecule has 1 aliphatic rings. The summed E-state index contributed by atoms with van der Waals surface area (Å²) < 4.78 is 0. The van der Waals surface area contributed by atoms with Crippen LogP contribution in [-0.4, -0.2) is 46.8 Å². The van der Waals surface area contributed by atoms with E-state index in [1.54, 1.807) is 0 Å². The van der Waals surface area contributed by atoms with Crippen molar-refractivity contribution in [2.75, 3.05) is 31.1 Å². The molecule has 1 aromatic carbocycles. The van der Waals surface area contributed by atoms with Crippen LogP contribution < -0.4 is 10.2 Å². The lowest BCUT2D eigenvalue weighted by Gasteiger charge is -2.29. The van der Waals surface area contributed by atoms with Crippen LogP contribution in [0.25, 0.3) is 11.4 Å². The van der Waals surface area contributed by atoms with Gasteiger partial charge in [0, 0.05) is 37.4 Å². The Kier molecular flexibility index (Phi) is 2.71. The third-order valence-electron chi connectivity index (χ3n) is 2.93. The Bertz CT molecular complexity index is 474. The summed E-state index contributed by atoms with van der Waals surface area (Å²) in [6.45, 7) is 4.14. The summed E-state index contributed by atoms with van der Waals surface area (Å²) in [6.07, 6.45) is 0. The predicted octanol–water partition coefficient (Wildman–Crippen LogP) is 0.276. The normalized spacial score (nSPS) is 16.1. The van der Waals surface area contributed by atoms with Gasteiger partial charge in [-0.2, -0.15) is 5.21 Å². The molecule has 1 aliphatic heterocycles. The van der Waals surface area contributed by atoms with Gasteiger partial charge in [-0.25, -0.2) is 0 Å². The molecule has 0 radical (unpaired) electrons. The topological polar surface area (TPSA) is 69.7 Å². The number of hydrogen-bond acceptors (Lipinski definition) is 5. The molecule has 6 nitrogen and oxygen atoms in total. The molecule has 2 N–H and O–H groups in total. The number of tetrazole rings is 1. The number of benzene rings is 1. The summed E-state index contributed by atoms with van der Waals surface area (Å²) in [4.78, 5) is 2.36. The number of anilines is 1. The zero-order chi connectivity index (χ0) is 11.5. The molecule has 0 amide bonds. The van der Waals surface area contributed by atoms with Gasteiger partial charge in [-0.3, -0.25) is 0 Å². The maximum Gasteiger partial charge on any atom is 0.204 e. The van der Waals surface area contributed by atoms with Crippen LogP contribution in [0, 0.1) is 0 Å². The zero-order valence-electron chi connectivity index (χ0n) is 9.43. The molecule has 1 aromatic heterocycles. The van der Waals surface area contributed by atoms with Crippen molar-refractivity contribution < 1.29 is 0 Å². The molecule has 0 bridgehead atoms. The first-order chi connectivity index (χ1) is 8.43. The standard InChI is InChI=1S/C11H14N6/c1-2-9(11-13-15-16-14-11)8-10(3-1)17-6-4-12-5-7-17/h1-3,8,12H,4-7H2,(H,13,14,15,16). The molecular weight excluding hydrogens is 216 g/mol. The maximum atomic E-state index is 3.99. The van der Waals surface area contributed by atoms with E-state index in [0.29, 0.717) is 5.82 Å². The summed E-state index contributed by atoms with van der Waals surface area (Å²) in [5.74, 6) is 0.641. The minimum Gasteiger partial charge on any atom is -0.369 e. The summed E-state index contributed by atoms with van der Waals surface area (Å²) in [5, 5.41) is 17.4. The van der Waals surface area contributed by atoms with Crippen LogP contribution in [0.5, 0.6) is 0 Å². The van der Waals surface area contributed by atoms with Crippen LogP contribution in [0.3, 0.4) is 0 Å². The van der Waals surface area contributed by atoms with Crippen LogP contribution in [0.2, 0.25) is 0 Å². The average Bonchev–Trinajstić information content (AvgIpc) is 2.94. The van der Waals surface area contributed by atoms with E-state index < -0.39 is 0 Å². The summed E-state index contributed by atoms with van der Waals surface area (Å²) in [6, 6.07) is 8.25. The largest absolute Gasteiger partial charge is 0.369 e. The molecule has 2 heterocycles. The fourth-order valence-electron chi connectivity index (χ4n) is 2.05. The minimum atomic E-state index is 0.641. The van der Waals surface area contributed by atoms with Gasteiger partial charge in [-0.1, -0.05) is 12.1 Å². The third-order valence-corrected chi connectivity index (χ3v) is 2.93. The smallest absolute Gasteiger partial charge is 0.204 e. The molecule has 6 heteroatoms. The lowest BCUT2D eigenvalue weighted by Crippen LogP contribution is -2.43. The predicted molar refractivity (Wildman–Crippen MR) is 64.7 cm³/mol. The molecule has 2 aromatic rings. The molecule has 0 saturated carbocycles. The molecular formula is C11H14N6. The Morgan fingerprint density at radius 1 is 1.18 bits per heavy atom. The molecule has 1 fully saturated rings. The number of aromatic amines is 1. The van der Waals surface area contributed by atoms with Gasteiger partial charge in [0.25, 0.3) is 0 Å². The highest BCUT2D eigenvalue weighted by Gasteiger charge is 2.11. The van der Waals surface area contributed by atoms with E-state index in [1.807, 2.05) is 12.1 Å². The number of aromatic nitrogens is 4. The van der Waals surface area contributed by atoms with E-state index in [-0.39, 0.29) is 0 Å². The Morgan fingerprint density at radius 3 is 2.82 bits per heavy atom. The number of nitrogens with one attached hydrogen (secondary N) is 2. The van der Waals surface area contributed by atoms with Crippen molar-refractivity contribution in [1.82, 2.24) is 25.9 Å². The van der Waals surface area contributed by atoms with Crippen molar-refractivity contribution in [3.05, 3.63) is 24.3 Å². The van der Waals surface area contributed by atoms with Crippen LogP contribution in [0.1, 0.15) is 0 Å². The Morgan fingerprint density at radius 2 is 2.06 bits per heavy atom. The van der Waals surface area contributed by atoms with Crippen molar-refractivity contribution in [2.45, 2.75) is 0 Å². The van der Waals surface area contributed by atoms with Gasteiger partial charge < -0.3 is 10.2 Å². The minimum absolute atomic E-state index is 0.641. The second-order valence-corrected chi connectivity index (χ2v) is 4.02. The Balaban J connectivity index is 1.88. The fourth-order valence-corrected chi connectivity index (χ4v) is 2.05. The first-order valence-electron chi connectivity index (χ1n) is 5.73. The number of rotatable bonds is 2. The number of nitrogens with zero attached hydrogens (tertiary/aromatic N) is 4. The highest BCUT2D eigenvalue weighted by atomic mass is 15.5. The van der Waals surface area contributed by atoms with Gasteiger partial charge in [0.2, 0.25) is 5.82 Å². The van der Waals surface area contributed by atoms with Crippen LogP contribution in [0.4, 0.5) is 5.69 Å². The van der Waals surface area contributed by atoms with Crippen molar-refractivity contribution in [1.29, 1.82) is 0 Å². The van der Waals surface area contributed by atoms with E-state index in [1.165, 1.54) is 5.69 Å². The van der Waals surface area contributed by atoms with Gasteiger partial charge in [0.15, 0.2) is 0 Å². The molecule has 0 spiro atoms. The Labute approximate surface area is 99.0 Å². The molecule has 17 heavy (non-hydrogen) atoms. The van der Waals surface area contributed by atoms with Crippen molar-refractivity contribution in [2.24, 2.45) is 0 Å². The maximum absolute atomic E-state index is 3.99. The molecule has 0 unspecified atom stereocenters. The van der Waals surface area contributed by atoms with Gasteiger partial charge in [-0.15, -0.1) is 10.2 Å². The zero-order valence-corrected chi connectivity index (χ0v) is 9.43. The number of piperazine rings is 1. The number of hydrogen-bond donors (Lipinski definition) is 2. The molecule has 1 saturated heterocycles. The number of H-pyrrole nitrogens is 1. The summed E-state index contributed by atoms with van der Waals surface area (Å²) in [5.41, 5.74) is 2.21. The van der Waals surface area contributed by atoms with Gasteiger partial charge in [0.1, 0.15) is 0 Å². The average molecular weight is 230 g/mol. The van der Waals surface area contributed by atoms with Crippen molar-refractivity contribution >= 4 is 5.69 Å². The van der Waals surface area contributed by atoms with Gasteiger partial charge in [-0.05, 0) is 17.3 Å². The summed E-state index contributed by atoms with van der Waals surface area (Å²) >= 11 is 0. The van der Waals surface area contributed by atoms with E-state index in [9.17, 15) is 0 Å². The van der Waals surface area contributed by atoms with Crippen molar-refractivity contribution in [3.63, 3.8) is 0 Å². The van der Waals surface area contributed by atoms with Gasteiger partial charge >= 0.3 is 0 Å². The first kappa shape index (κ1) is 10.2. The van der Waals surface area contributed by atoms with Crippen LogP contribution >= 0.6 is 0 Å². The lowest BCUT2D eigenvalue weighted by atomic mass is 10.1. The van der Waals surface area contributed by atoms with E-state index in [0.717, 1.165) is 31.7 Å². The lowest BCUT2D eigenvalue weighted by molar-refractivity contribution is 0.589. The van der Waals surface area contributed by atoms with E-state index in [4.69, 9.17) is 0 Å². The summed E-state index contributed by atoms with van der Waals surface area (Å²) in [7, 11) is 0. The third kappa shape index (κ3) is 2.12.